The summed E-state index contributed by atoms with van der Waals surface area (Å²) in [7, 11) is 0. The van der Waals surface area contributed by atoms with Crippen LogP contribution in [0.1, 0.15) is 31.7 Å². The molecule has 4 heteroatoms. The first-order valence-corrected chi connectivity index (χ1v) is 8.06. The first-order valence-electron chi connectivity index (χ1n) is 7.27. The Morgan fingerprint density at radius 1 is 1.40 bits per heavy atom. The minimum Gasteiger partial charge on any atom is -0.481 e. The third-order valence-corrected chi connectivity index (χ3v) is 4.69. The van der Waals surface area contributed by atoms with Crippen molar-refractivity contribution in [3.8, 4) is 0 Å². The van der Waals surface area contributed by atoms with E-state index in [1.165, 1.54) is 5.56 Å². The number of hydrogen-bond donors (Lipinski definition) is 2. The van der Waals surface area contributed by atoms with Gasteiger partial charge in [-0.3, -0.25) is 4.79 Å². The van der Waals surface area contributed by atoms with E-state index in [9.17, 15) is 9.90 Å². The van der Waals surface area contributed by atoms with Crippen molar-refractivity contribution in [2.24, 2.45) is 11.8 Å². The Kier molecular flexibility index (Phi) is 5.61. The summed E-state index contributed by atoms with van der Waals surface area (Å²) in [4.78, 5) is 11.1. The van der Waals surface area contributed by atoms with E-state index in [1.807, 2.05) is 0 Å². The fraction of sp³-hybridized carbons (Fsp3) is 0.562. The minimum atomic E-state index is -0.630. The average molecular weight is 340 g/mol. The fourth-order valence-corrected chi connectivity index (χ4v) is 3.27. The number of carbonyl (C=O) groups is 1. The zero-order valence-electron chi connectivity index (χ0n) is 11.8. The Hall–Kier alpha value is -0.870. The van der Waals surface area contributed by atoms with Gasteiger partial charge in [0.05, 0.1) is 5.92 Å². The Labute approximate surface area is 128 Å². The number of nitrogens with one attached hydrogen (secondary N) is 1. The van der Waals surface area contributed by atoms with Gasteiger partial charge in [0.25, 0.3) is 0 Å². The summed E-state index contributed by atoms with van der Waals surface area (Å²) in [6.07, 6.45) is 3.89. The van der Waals surface area contributed by atoms with Gasteiger partial charge in [-0.2, -0.15) is 0 Å². The highest BCUT2D eigenvalue weighted by molar-refractivity contribution is 9.10. The summed E-state index contributed by atoms with van der Waals surface area (Å²) in [5, 5.41) is 12.7. The molecule has 3 atom stereocenters. The summed E-state index contributed by atoms with van der Waals surface area (Å²) < 4.78 is 1.09. The van der Waals surface area contributed by atoms with E-state index in [0.29, 0.717) is 12.0 Å². The van der Waals surface area contributed by atoms with Gasteiger partial charge in [-0.05, 0) is 56.3 Å². The van der Waals surface area contributed by atoms with Crippen molar-refractivity contribution in [3.05, 3.63) is 34.3 Å². The van der Waals surface area contributed by atoms with Crippen LogP contribution in [0.4, 0.5) is 0 Å². The predicted octanol–water partition coefficient (Wildman–Crippen LogP) is 3.47. The summed E-state index contributed by atoms with van der Waals surface area (Å²) in [5.74, 6) is -0.489. The van der Waals surface area contributed by atoms with E-state index in [2.05, 4.69) is 52.4 Å². The average Bonchev–Trinajstić information content (AvgIpc) is 2.88. The molecule has 0 aliphatic heterocycles. The van der Waals surface area contributed by atoms with Gasteiger partial charge in [0.2, 0.25) is 0 Å². The highest BCUT2D eigenvalue weighted by Gasteiger charge is 2.32. The number of rotatable bonds is 6. The Morgan fingerprint density at radius 2 is 2.10 bits per heavy atom. The zero-order valence-corrected chi connectivity index (χ0v) is 13.4. The Bertz CT molecular complexity index is 446. The maximum Gasteiger partial charge on any atom is 0.306 e. The SMILES string of the molecule is CC(Cc1ccc(Br)cc1)NCC1CCCC1C(=O)O. The van der Waals surface area contributed by atoms with Crippen LogP contribution in [-0.2, 0) is 11.2 Å². The topological polar surface area (TPSA) is 49.3 Å². The summed E-state index contributed by atoms with van der Waals surface area (Å²) >= 11 is 3.44. The van der Waals surface area contributed by atoms with Gasteiger partial charge >= 0.3 is 5.97 Å². The van der Waals surface area contributed by atoms with Crippen molar-refractivity contribution in [2.45, 2.75) is 38.6 Å². The molecule has 3 nitrogen and oxygen atoms in total. The second kappa shape index (κ2) is 7.23. The molecule has 0 bridgehead atoms. The lowest BCUT2D eigenvalue weighted by Crippen LogP contribution is -2.35. The van der Waals surface area contributed by atoms with Crippen LogP contribution in [0.2, 0.25) is 0 Å². The molecule has 1 fully saturated rings. The lowest BCUT2D eigenvalue weighted by atomic mass is 9.95. The molecule has 20 heavy (non-hydrogen) atoms. The summed E-state index contributed by atoms with van der Waals surface area (Å²) in [5.41, 5.74) is 1.30. The molecular weight excluding hydrogens is 318 g/mol. The molecule has 0 radical (unpaired) electrons. The molecule has 0 heterocycles. The van der Waals surface area contributed by atoms with Crippen LogP contribution in [0.3, 0.4) is 0 Å². The van der Waals surface area contributed by atoms with Crippen molar-refractivity contribution < 1.29 is 9.90 Å². The number of carboxylic acid groups (broad SMARTS) is 1. The highest BCUT2D eigenvalue weighted by atomic mass is 79.9. The molecule has 1 aliphatic carbocycles. The van der Waals surface area contributed by atoms with Gasteiger partial charge < -0.3 is 10.4 Å². The van der Waals surface area contributed by atoms with E-state index in [1.54, 1.807) is 0 Å². The second-order valence-electron chi connectivity index (χ2n) is 5.78. The van der Waals surface area contributed by atoms with Gasteiger partial charge in [0.1, 0.15) is 0 Å². The largest absolute Gasteiger partial charge is 0.481 e. The van der Waals surface area contributed by atoms with Crippen LogP contribution >= 0.6 is 15.9 Å². The Balaban J connectivity index is 1.78. The smallest absolute Gasteiger partial charge is 0.306 e. The van der Waals surface area contributed by atoms with Gasteiger partial charge in [-0.1, -0.05) is 34.5 Å². The number of aliphatic carboxylic acids is 1. The van der Waals surface area contributed by atoms with Gasteiger partial charge in [0.15, 0.2) is 0 Å². The number of hydrogen-bond acceptors (Lipinski definition) is 2. The van der Waals surface area contributed by atoms with Crippen LogP contribution in [0.5, 0.6) is 0 Å². The quantitative estimate of drug-likeness (QED) is 0.834. The molecule has 1 aromatic rings. The molecule has 110 valence electrons. The van der Waals surface area contributed by atoms with E-state index in [4.69, 9.17) is 0 Å². The summed E-state index contributed by atoms with van der Waals surface area (Å²) in [6.45, 7) is 2.97. The molecule has 1 aromatic carbocycles. The second-order valence-corrected chi connectivity index (χ2v) is 6.69. The molecule has 1 saturated carbocycles. The molecule has 0 spiro atoms. The molecule has 0 amide bonds. The van der Waals surface area contributed by atoms with E-state index >= 15 is 0 Å². The van der Waals surface area contributed by atoms with E-state index in [-0.39, 0.29) is 5.92 Å². The van der Waals surface area contributed by atoms with Crippen LogP contribution in [-0.4, -0.2) is 23.7 Å². The van der Waals surface area contributed by atoms with E-state index < -0.39 is 5.97 Å². The predicted molar refractivity (Wildman–Crippen MR) is 83.8 cm³/mol. The van der Waals surface area contributed by atoms with Gasteiger partial charge in [-0.25, -0.2) is 0 Å². The Morgan fingerprint density at radius 3 is 2.75 bits per heavy atom. The molecular formula is C16H22BrNO2. The maximum absolute atomic E-state index is 11.1. The lowest BCUT2D eigenvalue weighted by Gasteiger charge is -2.20. The number of carboxylic acids is 1. The fourth-order valence-electron chi connectivity index (χ4n) is 3.01. The molecule has 0 aromatic heterocycles. The van der Waals surface area contributed by atoms with Crippen molar-refractivity contribution >= 4 is 21.9 Å². The lowest BCUT2D eigenvalue weighted by molar-refractivity contribution is -0.142. The normalized spacial score (nSPS) is 23.7. The monoisotopic (exact) mass is 339 g/mol. The molecule has 0 saturated heterocycles. The van der Waals surface area contributed by atoms with Crippen molar-refractivity contribution in [3.63, 3.8) is 0 Å². The van der Waals surface area contributed by atoms with Crippen molar-refractivity contribution in [1.82, 2.24) is 5.32 Å². The third-order valence-electron chi connectivity index (χ3n) is 4.16. The van der Waals surface area contributed by atoms with Crippen LogP contribution in [0, 0.1) is 11.8 Å². The first kappa shape index (κ1) is 15.5. The minimum absolute atomic E-state index is 0.151. The number of halogens is 1. The van der Waals surface area contributed by atoms with Gasteiger partial charge in [-0.15, -0.1) is 0 Å². The highest BCUT2D eigenvalue weighted by Crippen LogP contribution is 2.31. The molecule has 2 rings (SSSR count). The molecule has 2 N–H and O–H groups in total. The van der Waals surface area contributed by atoms with E-state index in [0.717, 1.165) is 36.7 Å². The van der Waals surface area contributed by atoms with Crippen LogP contribution < -0.4 is 5.32 Å². The van der Waals surface area contributed by atoms with Crippen molar-refractivity contribution in [2.75, 3.05) is 6.54 Å². The van der Waals surface area contributed by atoms with Gasteiger partial charge in [0, 0.05) is 10.5 Å². The third kappa shape index (κ3) is 4.32. The zero-order chi connectivity index (χ0) is 14.5. The molecule has 3 unspecified atom stereocenters. The molecule has 1 aliphatic rings. The summed E-state index contributed by atoms with van der Waals surface area (Å²) in [6, 6.07) is 8.72. The maximum atomic E-state index is 11.1. The first-order chi connectivity index (χ1) is 9.56. The van der Waals surface area contributed by atoms with Crippen molar-refractivity contribution in [1.29, 1.82) is 0 Å². The van der Waals surface area contributed by atoms with Crippen LogP contribution in [0.15, 0.2) is 28.7 Å². The van der Waals surface area contributed by atoms with Crippen LogP contribution in [0.25, 0.3) is 0 Å². The number of benzene rings is 1. The standard InChI is InChI=1S/C16H22BrNO2/c1-11(9-12-5-7-14(17)8-6-12)18-10-13-3-2-4-15(13)16(19)20/h5-8,11,13,15,18H,2-4,9-10H2,1H3,(H,19,20).